The van der Waals surface area contributed by atoms with Crippen molar-refractivity contribution in [1.29, 1.82) is 5.26 Å². The molecule has 0 spiro atoms. The van der Waals surface area contributed by atoms with Crippen molar-refractivity contribution in [2.24, 2.45) is 0 Å². The minimum absolute atomic E-state index is 0.232. The van der Waals surface area contributed by atoms with E-state index in [1.165, 1.54) is 11.1 Å². The highest BCUT2D eigenvalue weighted by Crippen LogP contribution is 2.19. The quantitative estimate of drug-likeness (QED) is 0.906. The molecule has 0 amide bonds. The molecule has 0 fully saturated rings. The van der Waals surface area contributed by atoms with Crippen molar-refractivity contribution in [3.63, 3.8) is 0 Å². The van der Waals surface area contributed by atoms with Gasteiger partial charge >= 0.3 is 0 Å². The van der Waals surface area contributed by atoms with Gasteiger partial charge in [-0.05, 0) is 49.2 Å². The number of benzene rings is 1. The molecule has 0 radical (unpaired) electrons. The summed E-state index contributed by atoms with van der Waals surface area (Å²) in [5, 5.41) is 12.3. The Balaban J connectivity index is 2.04. The van der Waals surface area contributed by atoms with Crippen LogP contribution in [0.3, 0.4) is 0 Å². The summed E-state index contributed by atoms with van der Waals surface area (Å²) >= 11 is 0. The van der Waals surface area contributed by atoms with E-state index in [0.717, 1.165) is 0 Å². The van der Waals surface area contributed by atoms with Crippen LogP contribution in [-0.4, -0.2) is 4.98 Å². The molecule has 2 rings (SSSR count). The molecule has 2 atom stereocenters. The maximum atomic E-state index is 8.79. The lowest BCUT2D eigenvalue weighted by atomic mass is 10.0. The van der Waals surface area contributed by atoms with Crippen LogP contribution in [0.25, 0.3) is 0 Å². The van der Waals surface area contributed by atoms with E-state index in [2.05, 4.69) is 30.2 Å². The Kier molecular flexibility index (Phi) is 4.27. The van der Waals surface area contributed by atoms with E-state index in [0.29, 0.717) is 5.56 Å². The van der Waals surface area contributed by atoms with Gasteiger partial charge in [0.15, 0.2) is 0 Å². The molecule has 0 bridgehead atoms. The van der Waals surface area contributed by atoms with E-state index in [1.54, 1.807) is 12.4 Å². The van der Waals surface area contributed by atoms with Crippen LogP contribution in [0.2, 0.25) is 0 Å². The van der Waals surface area contributed by atoms with Crippen LogP contribution < -0.4 is 5.32 Å². The van der Waals surface area contributed by atoms with E-state index < -0.39 is 0 Å². The minimum Gasteiger partial charge on any atom is -0.304 e. The Bertz CT molecular complexity index is 555. The van der Waals surface area contributed by atoms with Gasteiger partial charge in [-0.25, -0.2) is 0 Å². The summed E-state index contributed by atoms with van der Waals surface area (Å²) in [4.78, 5) is 4.03. The first-order valence-electron chi connectivity index (χ1n) is 6.36. The minimum atomic E-state index is 0.232. The van der Waals surface area contributed by atoms with Gasteiger partial charge < -0.3 is 5.32 Å². The molecule has 0 aliphatic rings. The summed E-state index contributed by atoms with van der Waals surface area (Å²) in [5.41, 5.74) is 3.09. The van der Waals surface area contributed by atoms with Gasteiger partial charge in [0.25, 0.3) is 0 Å². The fourth-order valence-corrected chi connectivity index (χ4v) is 2.07. The Hall–Kier alpha value is -2.18. The van der Waals surface area contributed by atoms with Crippen LogP contribution in [0, 0.1) is 11.3 Å². The highest BCUT2D eigenvalue weighted by Gasteiger charge is 2.10. The lowest BCUT2D eigenvalue weighted by Crippen LogP contribution is -2.22. The zero-order valence-corrected chi connectivity index (χ0v) is 11.2. The molecule has 1 aromatic heterocycles. The molecule has 96 valence electrons. The van der Waals surface area contributed by atoms with E-state index >= 15 is 0 Å². The highest BCUT2D eigenvalue weighted by atomic mass is 14.9. The molecule has 0 aliphatic carbocycles. The summed E-state index contributed by atoms with van der Waals surface area (Å²) in [7, 11) is 0. The van der Waals surface area contributed by atoms with E-state index in [1.807, 2.05) is 36.4 Å². The summed E-state index contributed by atoms with van der Waals surface area (Å²) in [6, 6.07) is 14.4. The molecule has 3 nitrogen and oxygen atoms in total. The van der Waals surface area contributed by atoms with E-state index in [9.17, 15) is 0 Å². The third-order valence-corrected chi connectivity index (χ3v) is 3.25. The SMILES string of the molecule is CC(NC(C)c1ccc(C#N)cc1)c1ccncc1. The van der Waals surface area contributed by atoms with Gasteiger partial charge in [-0.2, -0.15) is 5.26 Å². The molecule has 19 heavy (non-hydrogen) atoms. The second kappa shape index (κ2) is 6.12. The zero-order valence-electron chi connectivity index (χ0n) is 11.2. The van der Waals surface area contributed by atoms with Crippen molar-refractivity contribution in [3.8, 4) is 6.07 Å². The van der Waals surface area contributed by atoms with Crippen molar-refractivity contribution < 1.29 is 0 Å². The molecule has 0 saturated carbocycles. The Morgan fingerprint density at radius 1 is 0.947 bits per heavy atom. The van der Waals surface area contributed by atoms with Crippen molar-refractivity contribution >= 4 is 0 Å². The lowest BCUT2D eigenvalue weighted by molar-refractivity contribution is 0.494. The predicted octanol–water partition coefficient (Wildman–Crippen LogP) is 3.37. The molecular formula is C16H17N3. The molecule has 2 unspecified atom stereocenters. The molecule has 1 N–H and O–H groups in total. The van der Waals surface area contributed by atoms with Crippen molar-refractivity contribution in [2.45, 2.75) is 25.9 Å². The molecule has 3 heteroatoms. The largest absolute Gasteiger partial charge is 0.304 e. The van der Waals surface area contributed by atoms with Crippen LogP contribution in [0.5, 0.6) is 0 Å². The smallest absolute Gasteiger partial charge is 0.0991 e. The number of nitrogens with one attached hydrogen (secondary N) is 1. The number of rotatable bonds is 4. The monoisotopic (exact) mass is 251 g/mol. The first kappa shape index (κ1) is 13.3. The predicted molar refractivity (Wildman–Crippen MR) is 75.4 cm³/mol. The van der Waals surface area contributed by atoms with Crippen LogP contribution in [-0.2, 0) is 0 Å². The van der Waals surface area contributed by atoms with Gasteiger partial charge in [-0.1, -0.05) is 12.1 Å². The summed E-state index contributed by atoms with van der Waals surface area (Å²) in [6.45, 7) is 4.26. The number of aromatic nitrogens is 1. The standard InChI is InChI=1S/C16H17N3/c1-12(15-5-3-14(11-17)4-6-15)19-13(2)16-7-9-18-10-8-16/h3-10,12-13,19H,1-2H3. The lowest BCUT2D eigenvalue weighted by Gasteiger charge is -2.20. The topological polar surface area (TPSA) is 48.7 Å². The summed E-state index contributed by atoms with van der Waals surface area (Å²) in [6.07, 6.45) is 3.61. The van der Waals surface area contributed by atoms with Gasteiger partial charge in [-0.15, -0.1) is 0 Å². The van der Waals surface area contributed by atoms with Crippen LogP contribution in [0.15, 0.2) is 48.8 Å². The number of pyridine rings is 1. The molecule has 2 aromatic rings. The van der Waals surface area contributed by atoms with Gasteiger partial charge in [0, 0.05) is 24.5 Å². The third kappa shape index (κ3) is 3.40. The van der Waals surface area contributed by atoms with Crippen molar-refractivity contribution in [2.75, 3.05) is 0 Å². The maximum absolute atomic E-state index is 8.79. The maximum Gasteiger partial charge on any atom is 0.0991 e. The highest BCUT2D eigenvalue weighted by molar-refractivity contribution is 5.32. The van der Waals surface area contributed by atoms with Crippen molar-refractivity contribution in [3.05, 3.63) is 65.5 Å². The zero-order chi connectivity index (χ0) is 13.7. The van der Waals surface area contributed by atoms with Crippen LogP contribution >= 0.6 is 0 Å². The number of nitrogens with zero attached hydrogens (tertiary/aromatic N) is 2. The number of hydrogen-bond acceptors (Lipinski definition) is 3. The molecule has 0 aliphatic heterocycles. The normalized spacial score (nSPS) is 13.5. The first-order valence-corrected chi connectivity index (χ1v) is 6.36. The summed E-state index contributed by atoms with van der Waals surface area (Å²) in [5.74, 6) is 0. The van der Waals surface area contributed by atoms with E-state index in [4.69, 9.17) is 5.26 Å². The number of hydrogen-bond donors (Lipinski definition) is 1. The van der Waals surface area contributed by atoms with Crippen molar-refractivity contribution in [1.82, 2.24) is 10.3 Å². The van der Waals surface area contributed by atoms with Gasteiger partial charge in [0.2, 0.25) is 0 Å². The third-order valence-electron chi connectivity index (χ3n) is 3.25. The number of nitriles is 1. The van der Waals surface area contributed by atoms with Gasteiger partial charge in [-0.3, -0.25) is 4.98 Å². The molecule has 1 aromatic carbocycles. The fraction of sp³-hybridized carbons (Fsp3) is 0.250. The van der Waals surface area contributed by atoms with Crippen LogP contribution in [0.1, 0.15) is 42.6 Å². The Labute approximate surface area is 113 Å². The molecular weight excluding hydrogens is 234 g/mol. The van der Waals surface area contributed by atoms with Gasteiger partial charge in [0.05, 0.1) is 11.6 Å². The second-order valence-corrected chi connectivity index (χ2v) is 4.62. The fourth-order valence-electron chi connectivity index (χ4n) is 2.07. The first-order chi connectivity index (χ1) is 9.20. The average Bonchev–Trinajstić information content (AvgIpc) is 2.48. The van der Waals surface area contributed by atoms with E-state index in [-0.39, 0.29) is 12.1 Å². The Morgan fingerprint density at radius 2 is 1.47 bits per heavy atom. The second-order valence-electron chi connectivity index (χ2n) is 4.62. The van der Waals surface area contributed by atoms with Crippen LogP contribution in [0.4, 0.5) is 0 Å². The Morgan fingerprint density at radius 3 is 2.00 bits per heavy atom. The van der Waals surface area contributed by atoms with Gasteiger partial charge in [0.1, 0.15) is 0 Å². The summed E-state index contributed by atoms with van der Waals surface area (Å²) < 4.78 is 0. The molecule has 1 heterocycles. The molecule has 0 saturated heterocycles. The average molecular weight is 251 g/mol.